The van der Waals surface area contributed by atoms with Gasteiger partial charge in [-0.2, -0.15) is 15.5 Å². The Balaban J connectivity index is 1.05. The summed E-state index contributed by atoms with van der Waals surface area (Å²) >= 11 is 0. The van der Waals surface area contributed by atoms with Crippen molar-refractivity contribution in [2.24, 2.45) is 7.05 Å². The Labute approximate surface area is 244 Å². The summed E-state index contributed by atoms with van der Waals surface area (Å²) in [5.41, 5.74) is 6.30. The number of hydrogen-bond donors (Lipinski definition) is 0. The van der Waals surface area contributed by atoms with E-state index in [9.17, 15) is 10.1 Å². The van der Waals surface area contributed by atoms with Crippen LogP contribution in [0.15, 0.2) is 79.5 Å². The molecule has 0 saturated carbocycles. The zero-order valence-corrected chi connectivity index (χ0v) is 23.5. The van der Waals surface area contributed by atoms with E-state index in [1.807, 2.05) is 59.8 Å². The Morgan fingerprint density at radius 3 is 2.43 bits per heavy atom. The van der Waals surface area contributed by atoms with Crippen LogP contribution in [0.2, 0.25) is 0 Å². The topological polar surface area (TPSA) is 98.6 Å². The minimum Gasteiger partial charge on any atom is -0.353 e. The summed E-state index contributed by atoms with van der Waals surface area (Å²) in [4.78, 5) is 24.3. The van der Waals surface area contributed by atoms with Crippen molar-refractivity contribution in [2.75, 3.05) is 44.2 Å². The van der Waals surface area contributed by atoms with E-state index in [2.05, 4.69) is 51.5 Å². The monoisotopic (exact) mass is 557 g/mol. The molecule has 42 heavy (non-hydrogen) atoms. The van der Waals surface area contributed by atoms with E-state index in [0.29, 0.717) is 24.6 Å². The van der Waals surface area contributed by atoms with Crippen molar-refractivity contribution in [3.05, 3.63) is 90.6 Å². The first-order chi connectivity index (χ1) is 20.6. The maximum Gasteiger partial charge on any atom is 0.320 e. The third kappa shape index (κ3) is 4.73. The van der Waals surface area contributed by atoms with Gasteiger partial charge in [-0.1, -0.05) is 30.3 Å². The number of benzene rings is 1. The molecule has 10 nitrogen and oxygen atoms in total. The number of amides is 2. The molecule has 0 spiro atoms. The van der Waals surface area contributed by atoms with Crippen molar-refractivity contribution in [1.82, 2.24) is 34.2 Å². The molecule has 7 rings (SSSR count). The summed E-state index contributed by atoms with van der Waals surface area (Å²) in [6, 6.07) is 19.0. The van der Waals surface area contributed by atoms with Gasteiger partial charge in [-0.3, -0.25) is 4.68 Å². The maximum atomic E-state index is 13.3. The highest BCUT2D eigenvalue weighted by atomic mass is 16.2. The summed E-state index contributed by atoms with van der Waals surface area (Å²) in [5, 5.41) is 18.5. The number of piperazine rings is 1. The number of aromatic nitrogens is 5. The van der Waals surface area contributed by atoms with E-state index in [0.717, 1.165) is 66.2 Å². The number of nitrogens with zero attached hydrogens (tertiary/aromatic N) is 9. The Bertz CT molecular complexity index is 1780. The van der Waals surface area contributed by atoms with E-state index in [-0.39, 0.29) is 6.03 Å². The first kappa shape index (κ1) is 25.8. The smallest absolute Gasteiger partial charge is 0.320 e. The molecule has 2 saturated heterocycles. The van der Waals surface area contributed by atoms with Crippen molar-refractivity contribution in [1.29, 1.82) is 5.26 Å². The summed E-state index contributed by atoms with van der Waals surface area (Å²) in [7, 11) is 1.89. The van der Waals surface area contributed by atoms with E-state index in [1.54, 1.807) is 15.4 Å². The minimum absolute atomic E-state index is 0.142. The van der Waals surface area contributed by atoms with Crippen LogP contribution in [0.1, 0.15) is 23.5 Å². The van der Waals surface area contributed by atoms with Crippen LogP contribution in [0.3, 0.4) is 0 Å². The molecule has 2 aliphatic rings. The number of aryl methyl sites for hydroxylation is 1. The van der Waals surface area contributed by atoms with Gasteiger partial charge in [-0.25, -0.2) is 14.3 Å². The molecule has 0 bridgehead atoms. The number of anilines is 1. The van der Waals surface area contributed by atoms with Crippen LogP contribution >= 0.6 is 0 Å². The van der Waals surface area contributed by atoms with Crippen LogP contribution in [0.25, 0.3) is 27.8 Å². The van der Waals surface area contributed by atoms with Gasteiger partial charge < -0.3 is 14.7 Å². The van der Waals surface area contributed by atoms with E-state index in [1.165, 1.54) is 5.56 Å². The van der Waals surface area contributed by atoms with Crippen molar-refractivity contribution < 1.29 is 4.79 Å². The molecule has 1 aromatic carbocycles. The molecule has 1 atom stereocenters. The molecule has 0 N–H and O–H groups in total. The fraction of sp³-hybridized carbons (Fsp3) is 0.281. The fourth-order valence-corrected chi connectivity index (χ4v) is 6.14. The van der Waals surface area contributed by atoms with Gasteiger partial charge in [0.05, 0.1) is 23.5 Å². The number of fused-ring (bicyclic) bond motifs is 1. The maximum absolute atomic E-state index is 13.3. The van der Waals surface area contributed by atoms with E-state index < -0.39 is 0 Å². The molecular weight excluding hydrogens is 526 g/mol. The highest BCUT2D eigenvalue weighted by Crippen LogP contribution is 2.33. The second-order valence-electron chi connectivity index (χ2n) is 11.0. The van der Waals surface area contributed by atoms with E-state index in [4.69, 9.17) is 4.98 Å². The van der Waals surface area contributed by atoms with Crippen LogP contribution in [0.5, 0.6) is 0 Å². The van der Waals surface area contributed by atoms with Gasteiger partial charge >= 0.3 is 6.03 Å². The molecule has 5 aromatic rings. The lowest BCUT2D eigenvalue weighted by Crippen LogP contribution is -2.52. The largest absolute Gasteiger partial charge is 0.353 e. The standard InChI is InChI=1S/C32H31N9O/c1-37-20-28(19-35-37)26-15-29(31-27(16-33)18-36-41(31)22-26)24-7-8-30(34-17-24)38-11-13-39(14-12-38)32(42)40-10-9-25(21-40)23-5-3-2-4-6-23/h2-8,15,17-20,22,25H,9-14,21H2,1H3/t25-/m1/s1. The highest BCUT2D eigenvalue weighted by Gasteiger charge is 2.31. The Morgan fingerprint density at radius 1 is 0.881 bits per heavy atom. The van der Waals surface area contributed by atoms with Gasteiger partial charge in [-0.15, -0.1) is 0 Å². The molecular formula is C32H31N9O. The third-order valence-corrected chi connectivity index (χ3v) is 8.43. The number of urea groups is 1. The zero-order chi connectivity index (χ0) is 28.6. The van der Waals surface area contributed by atoms with Crippen LogP contribution < -0.4 is 4.90 Å². The van der Waals surface area contributed by atoms with Gasteiger partial charge in [0, 0.05) is 93.1 Å². The molecule has 4 aromatic heterocycles. The predicted octanol–water partition coefficient (Wildman–Crippen LogP) is 4.40. The quantitative estimate of drug-likeness (QED) is 0.325. The molecule has 0 radical (unpaired) electrons. The average Bonchev–Trinajstić information content (AvgIpc) is 3.81. The Morgan fingerprint density at radius 2 is 1.71 bits per heavy atom. The first-order valence-electron chi connectivity index (χ1n) is 14.3. The van der Waals surface area contributed by atoms with Crippen LogP contribution in [-0.4, -0.2) is 79.5 Å². The number of rotatable bonds is 4. The molecule has 10 heteroatoms. The lowest BCUT2D eigenvalue weighted by Gasteiger charge is -2.37. The van der Waals surface area contributed by atoms with Crippen molar-refractivity contribution in [3.8, 4) is 28.3 Å². The van der Waals surface area contributed by atoms with E-state index >= 15 is 0 Å². The molecule has 210 valence electrons. The predicted molar refractivity (Wildman–Crippen MR) is 160 cm³/mol. The summed E-state index contributed by atoms with van der Waals surface area (Å²) in [5.74, 6) is 1.29. The normalized spacial score (nSPS) is 17.1. The molecule has 0 aliphatic carbocycles. The van der Waals surface area contributed by atoms with Crippen LogP contribution in [0, 0.1) is 11.3 Å². The fourth-order valence-electron chi connectivity index (χ4n) is 6.14. The van der Waals surface area contributed by atoms with Crippen LogP contribution in [-0.2, 0) is 7.05 Å². The highest BCUT2D eigenvalue weighted by molar-refractivity contribution is 5.87. The second-order valence-corrected chi connectivity index (χ2v) is 11.0. The Hall–Kier alpha value is -5.17. The lowest BCUT2D eigenvalue weighted by atomic mass is 9.99. The van der Waals surface area contributed by atoms with Gasteiger partial charge in [0.1, 0.15) is 11.9 Å². The first-order valence-corrected chi connectivity index (χ1v) is 14.3. The number of pyridine rings is 2. The van der Waals surface area contributed by atoms with Crippen molar-refractivity contribution in [3.63, 3.8) is 0 Å². The molecule has 0 unspecified atom stereocenters. The summed E-state index contributed by atoms with van der Waals surface area (Å²) in [6.07, 6.45) is 10.2. The van der Waals surface area contributed by atoms with Crippen molar-refractivity contribution in [2.45, 2.75) is 12.3 Å². The number of hydrogen-bond acceptors (Lipinski definition) is 6. The number of carbonyl (C=O) groups is 1. The number of nitriles is 1. The number of carbonyl (C=O) groups excluding carboxylic acids is 1. The number of likely N-dealkylation sites (tertiary alicyclic amines) is 1. The molecule has 2 aliphatic heterocycles. The summed E-state index contributed by atoms with van der Waals surface area (Å²) < 4.78 is 3.52. The third-order valence-electron chi connectivity index (χ3n) is 8.43. The minimum atomic E-state index is 0.142. The summed E-state index contributed by atoms with van der Waals surface area (Å²) in [6.45, 7) is 4.40. The Kier molecular flexibility index (Phi) is 6.55. The molecule has 2 amide bonds. The molecule has 6 heterocycles. The zero-order valence-electron chi connectivity index (χ0n) is 23.5. The SMILES string of the molecule is Cn1cc(-c2cc(-c3ccc(N4CCN(C(=O)N5CC[C@@H](c6ccccc6)C5)CC4)nc3)c3c(C#N)cnn3c2)cn1. The average molecular weight is 558 g/mol. The van der Waals surface area contributed by atoms with Gasteiger partial charge in [0.25, 0.3) is 0 Å². The van der Waals surface area contributed by atoms with Gasteiger partial charge in [0.15, 0.2) is 0 Å². The van der Waals surface area contributed by atoms with Gasteiger partial charge in [0.2, 0.25) is 0 Å². The van der Waals surface area contributed by atoms with Gasteiger partial charge in [-0.05, 0) is 30.2 Å². The second kappa shape index (κ2) is 10.7. The molecule has 2 fully saturated rings. The van der Waals surface area contributed by atoms with Crippen molar-refractivity contribution >= 4 is 17.4 Å². The van der Waals surface area contributed by atoms with Crippen LogP contribution in [0.4, 0.5) is 10.6 Å². The lowest BCUT2D eigenvalue weighted by molar-refractivity contribution is 0.159.